The largest absolute Gasteiger partial charge is 0.345 e. The summed E-state index contributed by atoms with van der Waals surface area (Å²) in [5.74, 6) is 0.0816. The Morgan fingerprint density at radius 1 is 1.08 bits per heavy atom. The summed E-state index contributed by atoms with van der Waals surface area (Å²) in [5, 5.41) is 3.88. The van der Waals surface area contributed by atoms with Gasteiger partial charge in [-0.2, -0.15) is 0 Å². The van der Waals surface area contributed by atoms with E-state index < -0.39 is 0 Å². The maximum absolute atomic E-state index is 12.8. The average molecular weight is 379 g/mol. The molecule has 1 aliphatic carbocycles. The van der Waals surface area contributed by atoms with Crippen LogP contribution in [-0.2, 0) is 4.79 Å². The third-order valence-electron chi connectivity index (χ3n) is 4.69. The highest BCUT2D eigenvalue weighted by atomic mass is 35.5. The molecule has 2 aromatic rings. The van der Waals surface area contributed by atoms with Crippen LogP contribution in [0.25, 0.3) is 0 Å². The second-order valence-electron chi connectivity index (χ2n) is 6.53. The molecule has 3 unspecified atom stereocenters. The van der Waals surface area contributed by atoms with Gasteiger partial charge in [0.25, 0.3) is 0 Å². The van der Waals surface area contributed by atoms with E-state index in [9.17, 15) is 4.79 Å². The molecule has 134 valence electrons. The number of halogens is 2. The number of amides is 1. The Balaban J connectivity index is 0.00000225. The fourth-order valence-electron chi connectivity index (χ4n) is 3.42. The first-order chi connectivity index (χ1) is 11.6. The molecule has 3 nitrogen and oxygen atoms in total. The minimum absolute atomic E-state index is 0. The molecular formula is C20H24Cl2N2O. The summed E-state index contributed by atoms with van der Waals surface area (Å²) in [6, 6.07) is 17.6. The lowest BCUT2D eigenvalue weighted by molar-refractivity contribution is -0.126. The van der Waals surface area contributed by atoms with E-state index in [1.54, 1.807) is 0 Å². The Morgan fingerprint density at radius 2 is 1.80 bits per heavy atom. The third-order valence-corrected chi connectivity index (χ3v) is 4.92. The average Bonchev–Trinajstić information content (AvgIpc) is 2.60. The highest BCUT2D eigenvalue weighted by molar-refractivity contribution is 6.30. The van der Waals surface area contributed by atoms with Gasteiger partial charge in [0, 0.05) is 17.0 Å². The number of carbonyl (C=O) groups excluding carboxylic acids is 1. The molecule has 1 amide bonds. The summed E-state index contributed by atoms with van der Waals surface area (Å²) >= 11 is 6.15. The van der Waals surface area contributed by atoms with Crippen LogP contribution in [0.2, 0.25) is 5.02 Å². The first-order valence-corrected chi connectivity index (χ1v) is 8.87. The van der Waals surface area contributed by atoms with Crippen molar-refractivity contribution in [1.29, 1.82) is 0 Å². The lowest BCUT2D eigenvalue weighted by Gasteiger charge is -2.28. The Hall–Kier alpha value is -1.55. The van der Waals surface area contributed by atoms with Crippen LogP contribution >= 0.6 is 24.0 Å². The van der Waals surface area contributed by atoms with Gasteiger partial charge in [-0.25, -0.2) is 0 Å². The Labute approximate surface area is 160 Å². The summed E-state index contributed by atoms with van der Waals surface area (Å²) in [6.45, 7) is 0. The van der Waals surface area contributed by atoms with Gasteiger partial charge in [0.15, 0.2) is 0 Å². The van der Waals surface area contributed by atoms with Crippen molar-refractivity contribution in [2.45, 2.75) is 37.8 Å². The molecule has 0 radical (unpaired) electrons. The molecule has 0 saturated heterocycles. The van der Waals surface area contributed by atoms with Gasteiger partial charge in [-0.1, -0.05) is 60.5 Å². The molecule has 0 aliphatic heterocycles. The molecule has 5 heteroatoms. The maximum atomic E-state index is 12.8. The highest BCUT2D eigenvalue weighted by Gasteiger charge is 2.27. The molecule has 3 N–H and O–H groups in total. The van der Waals surface area contributed by atoms with Crippen molar-refractivity contribution in [3.8, 4) is 0 Å². The minimum atomic E-state index is -0.199. The van der Waals surface area contributed by atoms with Gasteiger partial charge in [-0.15, -0.1) is 12.4 Å². The molecule has 1 aliphatic rings. The molecule has 0 aromatic heterocycles. The smallest absolute Gasteiger partial charge is 0.223 e. The van der Waals surface area contributed by atoms with Gasteiger partial charge in [-0.05, 0) is 42.5 Å². The van der Waals surface area contributed by atoms with Crippen LogP contribution in [0.1, 0.15) is 42.9 Å². The number of rotatable bonds is 4. The zero-order chi connectivity index (χ0) is 16.9. The topological polar surface area (TPSA) is 55.1 Å². The van der Waals surface area contributed by atoms with Crippen LogP contribution < -0.4 is 11.1 Å². The monoisotopic (exact) mass is 378 g/mol. The van der Waals surface area contributed by atoms with Crippen molar-refractivity contribution in [2.24, 2.45) is 11.7 Å². The molecule has 2 aromatic carbocycles. The lowest BCUT2D eigenvalue weighted by atomic mass is 9.85. The second-order valence-corrected chi connectivity index (χ2v) is 6.97. The van der Waals surface area contributed by atoms with Gasteiger partial charge < -0.3 is 11.1 Å². The van der Waals surface area contributed by atoms with Crippen LogP contribution in [0.5, 0.6) is 0 Å². The first kappa shape index (κ1) is 19.8. The first-order valence-electron chi connectivity index (χ1n) is 8.50. The van der Waals surface area contributed by atoms with Gasteiger partial charge in [-0.3, -0.25) is 4.79 Å². The van der Waals surface area contributed by atoms with E-state index in [1.165, 1.54) is 0 Å². The highest BCUT2D eigenvalue weighted by Crippen LogP contribution is 2.28. The number of carbonyl (C=O) groups is 1. The Bertz CT molecular complexity index is 693. The van der Waals surface area contributed by atoms with Gasteiger partial charge >= 0.3 is 0 Å². The summed E-state index contributed by atoms with van der Waals surface area (Å²) in [7, 11) is 0. The fourth-order valence-corrected chi connectivity index (χ4v) is 3.62. The van der Waals surface area contributed by atoms with E-state index in [1.807, 2.05) is 54.6 Å². The summed E-state index contributed by atoms with van der Waals surface area (Å²) < 4.78 is 0. The molecule has 25 heavy (non-hydrogen) atoms. The van der Waals surface area contributed by atoms with Crippen molar-refractivity contribution in [1.82, 2.24) is 5.32 Å². The van der Waals surface area contributed by atoms with Gasteiger partial charge in [0.2, 0.25) is 5.91 Å². The van der Waals surface area contributed by atoms with Crippen molar-refractivity contribution in [3.63, 3.8) is 0 Å². The zero-order valence-electron chi connectivity index (χ0n) is 14.0. The standard InChI is InChI=1S/C20H23ClN2O.ClH/c21-17-10-4-8-15(12-17)19(14-6-2-1-3-7-14)23-20(24)16-9-5-11-18(22)13-16;/h1-4,6-8,10,12,16,18-19H,5,9,11,13,22H2,(H,23,24);1H. The van der Waals surface area contributed by atoms with Crippen molar-refractivity contribution >= 4 is 29.9 Å². The molecule has 3 rings (SSSR count). The van der Waals surface area contributed by atoms with Crippen LogP contribution in [0.4, 0.5) is 0 Å². The molecule has 0 spiro atoms. The fraction of sp³-hybridized carbons (Fsp3) is 0.350. The normalized spacial score (nSPS) is 21.0. The van der Waals surface area contributed by atoms with Crippen LogP contribution in [0.15, 0.2) is 54.6 Å². The predicted octanol–water partition coefficient (Wildman–Crippen LogP) is 4.48. The maximum Gasteiger partial charge on any atom is 0.223 e. The van der Waals surface area contributed by atoms with E-state index in [0.29, 0.717) is 5.02 Å². The summed E-state index contributed by atoms with van der Waals surface area (Å²) in [5.41, 5.74) is 8.08. The van der Waals surface area contributed by atoms with Crippen molar-refractivity contribution in [2.75, 3.05) is 0 Å². The summed E-state index contributed by atoms with van der Waals surface area (Å²) in [4.78, 5) is 12.8. The number of nitrogens with one attached hydrogen (secondary N) is 1. The van der Waals surface area contributed by atoms with Crippen LogP contribution in [0.3, 0.4) is 0 Å². The molecule has 0 bridgehead atoms. The summed E-state index contributed by atoms with van der Waals surface area (Å²) in [6.07, 6.45) is 3.71. The van der Waals surface area contributed by atoms with Crippen LogP contribution in [0, 0.1) is 5.92 Å². The van der Waals surface area contributed by atoms with Crippen molar-refractivity contribution < 1.29 is 4.79 Å². The number of nitrogens with two attached hydrogens (primary N) is 1. The Kier molecular flexibility index (Phi) is 7.30. The molecule has 0 heterocycles. The number of benzene rings is 2. The third kappa shape index (κ3) is 5.21. The van der Waals surface area contributed by atoms with E-state index in [0.717, 1.165) is 36.8 Å². The molecule has 1 saturated carbocycles. The molecular weight excluding hydrogens is 355 g/mol. The molecule has 1 fully saturated rings. The van der Waals surface area contributed by atoms with E-state index in [2.05, 4.69) is 5.32 Å². The number of hydrogen-bond donors (Lipinski definition) is 2. The zero-order valence-corrected chi connectivity index (χ0v) is 15.6. The lowest BCUT2D eigenvalue weighted by Crippen LogP contribution is -2.39. The molecule has 3 atom stereocenters. The number of hydrogen-bond acceptors (Lipinski definition) is 2. The van der Waals surface area contributed by atoms with Gasteiger partial charge in [0.05, 0.1) is 6.04 Å². The van der Waals surface area contributed by atoms with E-state index in [-0.39, 0.29) is 36.3 Å². The second kappa shape index (κ2) is 9.23. The van der Waals surface area contributed by atoms with Gasteiger partial charge in [0.1, 0.15) is 0 Å². The van der Waals surface area contributed by atoms with Crippen LogP contribution in [-0.4, -0.2) is 11.9 Å². The Morgan fingerprint density at radius 3 is 2.48 bits per heavy atom. The van der Waals surface area contributed by atoms with E-state index in [4.69, 9.17) is 17.3 Å². The SMILES string of the molecule is Cl.NC1CCCC(C(=O)NC(c2ccccc2)c2cccc(Cl)c2)C1. The van der Waals surface area contributed by atoms with E-state index >= 15 is 0 Å². The quantitative estimate of drug-likeness (QED) is 0.823. The van der Waals surface area contributed by atoms with Crippen molar-refractivity contribution in [3.05, 3.63) is 70.7 Å². The minimum Gasteiger partial charge on any atom is -0.345 e. The predicted molar refractivity (Wildman–Crippen MR) is 105 cm³/mol.